The number of hydrogen-bond acceptors (Lipinski definition) is 6. The average molecular weight is 597 g/mol. The van der Waals surface area contributed by atoms with Crippen LogP contribution in [-0.4, -0.2) is 52.8 Å². The first kappa shape index (κ1) is 31.9. The molecule has 1 aliphatic carbocycles. The van der Waals surface area contributed by atoms with Crippen molar-refractivity contribution >= 4 is 13.3 Å². The second-order valence-electron chi connectivity index (χ2n) is 12.0. The van der Waals surface area contributed by atoms with Crippen molar-refractivity contribution in [2.45, 2.75) is 72.0 Å². The molecule has 4 rings (SSSR count). The Morgan fingerprint density at radius 2 is 1.81 bits per heavy atom. The molecule has 42 heavy (non-hydrogen) atoms. The molecule has 1 aliphatic rings. The Labute approximate surface area is 248 Å². The molecule has 2 atom stereocenters. The minimum atomic E-state index is -3.22. The van der Waals surface area contributed by atoms with Crippen molar-refractivity contribution in [2.24, 2.45) is 5.92 Å². The maximum absolute atomic E-state index is 15.1. The van der Waals surface area contributed by atoms with Crippen LogP contribution >= 0.6 is 7.37 Å². The lowest BCUT2D eigenvalue weighted by Gasteiger charge is -2.31. The fourth-order valence-corrected chi connectivity index (χ4v) is 6.85. The van der Waals surface area contributed by atoms with Gasteiger partial charge in [0.05, 0.1) is 18.9 Å². The van der Waals surface area contributed by atoms with Crippen LogP contribution in [0.15, 0.2) is 48.7 Å². The smallest absolute Gasteiger partial charge is 0.343 e. The SMILES string of the molecule is COc1cc(-c2cc(C)c(C(=O)Oc3cccc([C@H](CP(C)(=O)O)C4CC4)c3)cc2CN(C(C)C)C(C)C)c(F)cn1. The van der Waals surface area contributed by atoms with Crippen LogP contribution < -0.4 is 9.47 Å². The van der Waals surface area contributed by atoms with Gasteiger partial charge in [-0.15, -0.1) is 0 Å². The van der Waals surface area contributed by atoms with Gasteiger partial charge in [-0.1, -0.05) is 18.2 Å². The molecule has 2 aromatic carbocycles. The molecular weight excluding hydrogens is 554 g/mol. The van der Waals surface area contributed by atoms with Gasteiger partial charge in [0, 0.05) is 43.1 Å². The fraction of sp³-hybridized carbons (Fsp3) is 0.455. The van der Waals surface area contributed by atoms with Gasteiger partial charge in [-0.25, -0.2) is 14.2 Å². The van der Waals surface area contributed by atoms with E-state index in [2.05, 4.69) is 37.6 Å². The highest BCUT2D eigenvalue weighted by Gasteiger charge is 2.35. The van der Waals surface area contributed by atoms with E-state index in [4.69, 9.17) is 9.47 Å². The summed E-state index contributed by atoms with van der Waals surface area (Å²) in [6, 6.07) is 12.9. The van der Waals surface area contributed by atoms with E-state index >= 15 is 4.39 Å². The number of aromatic nitrogens is 1. The Balaban J connectivity index is 1.71. The molecule has 1 saturated carbocycles. The predicted octanol–water partition coefficient (Wildman–Crippen LogP) is 7.44. The first-order chi connectivity index (χ1) is 19.8. The number of esters is 1. The highest BCUT2D eigenvalue weighted by Crippen LogP contribution is 2.50. The van der Waals surface area contributed by atoms with E-state index < -0.39 is 19.2 Å². The number of carbonyl (C=O) groups excluding carboxylic acids is 1. The van der Waals surface area contributed by atoms with Crippen molar-refractivity contribution in [1.82, 2.24) is 9.88 Å². The zero-order chi connectivity index (χ0) is 30.8. The van der Waals surface area contributed by atoms with Gasteiger partial charge in [0.1, 0.15) is 11.6 Å². The number of hydrogen-bond donors (Lipinski definition) is 1. The van der Waals surface area contributed by atoms with E-state index in [1.54, 1.807) is 24.3 Å². The molecule has 1 heterocycles. The molecule has 0 aliphatic heterocycles. The Bertz CT molecular complexity index is 1470. The Hall–Kier alpha value is -3.06. The number of benzene rings is 2. The van der Waals surface area contributed by atoms with Gasteiger partial charge in [0.15, 0.2) is 7.37 Å². The number of aryl methyl sites for hydroxylation is 1. The van der Waals surface area contributed by atoms with Crippen LogP contribution in [0.2, 0.25) is 0 Å². The minimum absolute atomic E-state index is 0.0533. The largest absolute Gasteiger partial charge is 0.481 e. The van der Waals surface area contributed by atoms with Gasteiger partial charge in [-0.05, 0) is 99.7 Å². The summed E-state index contributed by atoms with van der Waals surface area (Å²) in [5.74, 6) is 0.000325. The molecule has 0 radical (unpaired) electrons. The normalized spacial score (nSPS) is 15.6. The highest BCUT2D eigenvalue weighted by atomic mass is 31.2. The third-order valence-corrected chi connectivity index (χ3v) is 8.97. The second-order valence-corrected chi connectivity index (χ2v) is 14.5. The number of halogens is 1. The van der Waals surface area contributed by atoms with Crippen LogP contribution in [0.3, 0.4) is 0 Å². The standard InChI is InChI=1S/C33H42FN2O5P/c1-20(2)36(21(3)4)18-25-15-27(22(5)13-28(25)29-16-32(40-6)35-17-31(29)34)33(37)41-26-10-8-9-24(14-26)30(23-11-12-23)19-42(7,38)39/h8-10,13-17,20-21,23,30H,11-12,18-19H2,1-7H3,(H,38,39)/t30-/m1/s1. The van der Waals surface area contributed by atoms with Gasteiger partial charge in [-0.3, -0.25) is 9.46 Å². The van der Waals surface area contributed by atoms with E-state index in [0.29, 0.717) is 46.3 Å². The zero-order valence-electron chi connectivity index (χ0n) is 25.6. The summed E-state index contributed by atoms with van der Waals surface area (Å²) < 4.78 is 38.5. The molecule has 0 spiro atoms. The Kier molecular flexibility index (Phi) is 9.92. The number of ether oxygens (including phenoxy) is 2. The topological polar surface area (TPSA) is 89.0 Å². The van der Waals surface area contributed by atoms with Gasteiger partial charge >= 0.3 is 5.97 Å². The van der Waals surface area contributed by atoms with Crippen LogP contribution in [0.5, 0.6) is 11.6 Å². The number of nitrogens with zero attached hydrogens (tertiary/aromatic N) is 2. The molecule has 1 N–H and O–H groups in total. The summed E-state index contributed by atoms with van der Waals surface area (Å²) in [5, 5.41) is 0. The van der Waals surface area contributed by atoms with Crippen LogP contribution in [0, 0.1) is 18.7 Å². The lowest BCUT2D eigenvalue weighted by atomic mass is 9.93. The highest BCUT2D eigenvalue weighted by molar-refractivity contribution is 7.57. The van der Waals surface area contributed by atoms with E-state index in [0.717, 1.165) is 30.2 Å². The molecule has 0 amide bonds. The van der Waals surface area contributed by atoms with Gasteiger partial charge in [0.25, 0.3) is 0 Å². The summed E-state index contributed by atoms with van der Waals surface area (Å²) in [6.07, 6.45) is 3.40. The first-order valence-corrected chi connectivity index (χ1v) is 16.8. The summed E-state index contributed by atoms with van der Waals surface area (Å²) in [4.78, 5) is 29.9. The number of carbonyl (C=O) groups is 1. The number of rotatable bonds is 12. The van der Waals surface area contributed by atoms with Crippen molar-refractivity contribution < 1.29 is 28.1 Å². The molecule has 0 bridgehead atoms. The molecule has 3 aromatic rings. The van der Waals surface area contributed by atoms with Crippen LogP contribution in [0.25, 0.3) is 11.1 Å². The van der Waals surface area contributed by atoms with Crippen molar-refractivity contribution in [3.05, 3.63) is 76.7 Å². The van der Waals surface area contributed by atoms with E-state index in [-0.39, 0.29) is 24.2 Å². The van der Waals surface area contributed by atoms with Crippen LogP contribution in [0.4, 0.5) is 4.39 Å². The number of methoxy groups -OCH3 is 1. The summed E-state index contributed by atoms with van der Waals surface area (Å²) in [5.41, 5.74) is 3.73. The van der Waals surface area contributed by atoms with Crippen molar-refractivity contribution in [3.8, 4) is 22.8 Å². The first-order valence-electron chi connectivity index (χ1n) is 14.5. The monoisotopic (exact) mass is 596 g/mol. The Morgan fingerprint density at radius 1 is 1.12 bits per heavy atom. The number of pyridine rings is 1. The van der Waals surface area contributed by atoms with E-state index in [1.807, 2.05) is 25.1 Å². The van der Waals surface area contributed by atoms with Crippen LogP contribution in [0.1, 0.15) is 73.5 Å². The lowest BCUT2D eigenvalue weighted by molar-refractivity contribution is 0.0733. The van der Waals surface area contributed by atoms with Gasteiger partial charge in [0.2, 0.25) is 5.88 Å². The molecular formula is C33H42FN2O5P. The van der Waals surface area contributed by atoms with E-state index in [9.17, 15) is 14.3 Å². The fourth-order valence-electron chi connectivity index (χ4n) is 5.61. The van der Waals surface area contributed by atoms with E-state index in [1.165, 1.54) is 13.8 Å². The molecule has 1 unspecified atom stereocenters. The summed E-state index contributed by atoms with van der Waals surface area (Å²) >= 11 is 0. The molecule has 1 aromatic heterocycles. The molecule has 7 nitrogen and oxygen atoms in total. The molecule has 1 fully saturated rings. The maximum atomic E-state index is 15.1. The van der Waals surface area contributed by atoms with Crippen LogP contribution in [-0.2, 0) is 11.1 Å². The second kappa shape index (κ2) is 13.1. The third-order valence-electron chi connectivity index (χ3n) is 7.90. The third kappa shape index (κ3) is 7.85. The Morgan fingerprint density at radius 3 is 2.40 bits per heavy atom. The lowest BCUT2D eigenvalue weighted by Crippen LogP contribution is -2.36. The van der Waals surface area contributed by atoms with Crippen molar-refractivity contribution in [1.29, 1.82) is 0 Å². The maximum Gasteiger partial charge on any atom is 0.343 e. The predicted molar refractivity (Wildman–Crippen MR) is 164 cm³/mol. The summed E-state index contributed by atoms with van der Waals surface area (Å²) in [6.45, 7) is 12.1. The van der Waals surface area contributed by atoms with Gasteiger partial charge in [-0.2, -0.15) is 0 Å². The van der Waals surface area contributed by atoms with Crippen molar-refractivity contribution in [3.63, 3.8) is 0 Å². The average Bonchev–Trinajstić information content (AvgIpc) is 3.76. The molecule has 226 valence electrons. The molecule has 9 heteroatoms. The van der Waals surface area contributed by atoms with Crippen molar-refractivity contribution in [2.75, 3.05) is 19.9 Å². The van der Waals surface area contributed by atoms with Gasteiger partial charge < -0.3 is 14.4 Å². The summed E-state index contributed by atoms with van der Waals surface area (Å²) in [7, 11) is -1.73. The minimum Gasteiger partial charge on any atom is -0.481 e. The molecule has 0 saturated heterocycles. The quantitative estimate of drug-likeness (QED) is 0.132. The zero-order valence-corrected chi connectivity index (χ0v) is 26.5.